The number of amides is 2. The molecule has 0 spiro atoms. The maximum Gasteiger partial charge on any atom is 0.303 e. The van der Waals surface area contributed by atoms with Crippen LogP contribution < -0.4 is 10.7 Å². The van der Waals surface area contributed by atoms with Crippen LogP contribution in [0.4, 0.5) is 5.69 Å². The fourth-order valence-electron chi connectivity index (χ4n) is 2.44. The highest BCUT2D eigenvalue weighted by Gasteiger charge is 2.49. The second kappa shape index (κ2) is 5.59. The number of hydrogen-bond acceptors (Lipinski definition) is 5. The number of esters is 1. The predicted molar refractivity (Wildman–Crippen MR) is 78.0 cm³/mol. The molecule has 1 aromatic carbocycles. The van der Waals surface area contributed by atoms with Gasteiger partial charge in [0.1, 0.15) is 0 Å². The van der Waals surface area contributed by atoms with E-state index in [-0.39, 0.29) is 24.3 Å². The normalized spacial score (nSPS) is 22.0. The van der Waals surface area contributed by atoms with Gasteiger partial charge in [0.05, 0.1) is 5.71 Å². The van der Waals surface area contributed by atoms with Crippen molar-refractivity contribution in [2.24, 2.45) is 16.9 Å². The second-order valence-electron chi connectivity index (χ2n) is 5.33. The second-order valence-corrected chi connectivity index (χ2v) is 5.33. The van der Waals surface area contributed by atoms with Crippen LogP contribution in [-0.4, -0.2) is 30.1 Å². The van der Waals surface area contributed by atoms with Gasteiger partial charge in [0.25, 0.3) is 5.91 Å². The van der Waals surface area contributed by atoms with Gasteiger partial charge in [0.15, 0.2) is 6.61 Å². The van der Waals surface area contributed by atoms with Crippen LogP contribution in [0.5, 0.6) is 0 Å². The Morgan fingerprint density at radius 3 is 2.73 bits per heavy atom. The number of benzene rings is 1. The molecule has 0 aromatic heterocycles. The van der Waals surface area contributed by atoms with E-state index in [1.54, 1.807) is 12.1 Å². The first kappa shape index (κ1) is 14.2. The van der Waals surface area contributed by atoms with Gasteiger partial charge in [-0.3, -0.25) is 14.4 Å². The molecule has 3 rings (SSSR count). The number of carbonyl (C=O) groups excluding carboxylic acids is 3. The molecule has 1 aliphatic heterocycles. The molecule has 1 fully saturated rings. The lowest BCUT2D eigenvalue weighted by atomic mass is 10.0. The average molecular weight is 301 g/mol. The van der Waals surface area contributed by atoms with Crippen molar-refractivity contribution in [1.29, 1.82) is 0 Å². The molecule has 22 heavy (non-hydrogen) atoms. The number of carbonyl (C=O) groups is 3. The number of ether oxygens (including phenoxy) is 1. The molecule has 1 saturated carbocycles. The quantitative estimate of drug-likeness (QED) is 0.798. The summed E-state index contributed by atoms with van der Waals surface area (Å²) in [5, 5.41) is 6.75. The Hall–Kier alpha value is -2.70. The maximum absolute atomic E-state index is 11.5. The molecule has 2 atom stereocenters. The summed E-state index contributed by atoms with van der Waals surface area (Å²) in [7, 11) is 0. The van der Waals surface area contributed by atoms with Gasteiger partial charge < -0.3 is 10.1 Å². The van der Waals surface area contributed by atoms with Crippen molar-refractivity contribution in [2.45, 2.75) is 13.3 Å². The zero-order chi connectivity index (χ0) is 15.7. The molecule has 1 heterocycles. The number of fused-ring (bicyclic) bond motifs is 1. The van der Waals surface area contributed by atoms with Gasteiger partial charge >= 0.3 is 5.97 Å². The highest BCUT2D eigenvalue weighted by Crippen LogP contribution is 2.43. The summed E-state index contributed by atoms with van der Waals surface area (Å²) in [5.41, 5.74) is 4.93. The average Bonchev–Trinajstić information content (AvgIpc) is 3.28. The molecule has 7 heteroatoms. The van der Waals surface area contributed by atoms with Crippen LogP contribution in [0.15, 0.2) is 29.4 Å². The molecule has 2 N–H and O–H groups in total. The van der Waals surface area contributed by atoms with Crippen molar-refractivity contribution in [1.82, 2.24) is 5.43 Å². The summed E-state index contributed by atoms with van der Waals surface area (Å²) in [6.07, 6.45) is 0.839. The number of nitrogens with one attached hydrogen (secondary N) is 2. The number of hydrogen-bond donors (Lipinski definition) is 2. The van der Waals surface area contributed by atoms with Crippen LogP contribution in [0.25, 0.3) is 0 Å². The number of rotatable bonds is 4. The number of nitrogens with zero attached hydrogens (tertiary/aromatic N) is 1. The summed E-state index contributed by atoms with van der Waals surface area (Å²) in [5.74, 6) is -0.647. The molecule has 0 radical (unpaired) electrons. The van der Waals surface area contributed by atoms with Gasteiger partial charge in [-0.2, -0.15) is 5.10 Å². The van der Waals surface area contributed by atoms with Crippen molar-refractivity contribution >= 4 is 29.2 Å². The summed E-state index contributed by atoms with van der Waals surface area (Å²) < 4.78 is 4.61. The smallest absolute Gasteiger partial charge is 0.303 e. The van der Waals surface area contributed by atoms with Gasteiger partial charge in [-0.25, -0.2) is 5.43 Å². The summed E-state index contributed by atoms with van der Waals surface area (Å²) in [6.45, 7) is 0.941. The van der Waals surface area contributed by atoms with E-state index in [4.69, 9.17) is 0 Å². The topological polar surface area (TPSA) is 96.9 Å². The molecular weight excluding hydrogens is 286 g/mol. The number of hydrazone groups is 1. The zero-order valence-corrected chi connectivity index (χ0v) is 12.0. The summed E-state index contributed by atoms with van der Waals surface area (Å²) in [4.78, 5) is 33.6. The minimum Gasteiger partial charge on any atom is -0.456 e. The SMILES string of the molecule is CC(=O)OCC(=O)Nc1ccc(C2=NNC(=O)C3CC23)cc1. The molecule has 0 saturated heterocycles. The first-order valence-corrected chi connectivity index (χ1v) is 6.95. The highest BCUT2D eigenvalue weighted by molar-refractivity contribution is 6.09. The molecule has 1 aliphatic carbocycles. The molecule has 114 valence electrons. The summed E-state index contributed by atoms with van der Waals surface area (Å²) in [6, 6.07) is 7.18. The fraction of sp³-hybridized carbons (Fsp3) is 0.333. The molecular formula is C15H15N3O4. The van der Waals surface area contributed by atoms with E-state index in [2.05, 4.69) is 20.6 Å². The third-order valence-electron chi connectivity index (χ3n) is 3.64. The van der Waals surface area contributed by atoms with E-state index in [0.29, 0.717) is 5.69 Å². The van der Waals surface area contributed by atoms with E-state index in [9.17, 15) is 14.4 Å². The molecule has 7 nitrogen and oxygen atoms in total. The summed E-state index contributed by atoms with van der Waals surface area (Å²) >= 11 is 0. The molecule has 1 aromatic rings. The third-order valence-corrected chi connectivity index (χ3v) is 3.64. The Balaban J connectivity index is 1.62. The van der Waals surface area contributed by atoms with E-state index in [1.165, 1.54) is 6.92 Å². The van der Waals surface area contributed by atoms with E-state index >= 15 is 0 Å². The number of anilines is 1. The highest BCUT2D eigenvalue weighted by atomic mass is 16.5. The lowest BCUT2D eigenvalue weighted by Crippen LogP contribution is -2.28. The van der Waals surface area contributed by atoms with E-state index in [0.717, 1.165) is 17.7 Å². The Labute approximate surface area is 126 Å². The maximum atomic E-state index is 11.5. The van der Waals surface area contributed by atoms with Crippen molar-refractivity contribution in [3.05, 3.63) is 29.8 Å². The van der Waals surface area contributed by atoms with Gasteiger partial charge in [0, 0.05) is 24.4 Å². The first-order chi connectivity index (χ1) is 10.5. The predicted octanol–water partition coefficient (Wildman–Crippen LogP) is 0.658. The van der Waals surface area contributed by atoms with Crippen LogP contribution in [0.1, 0.15) is 18.9 Å². The lowest BCUT2D eigenvalue weighted by Gasteiger charge is -2.12. The standard InChI is InChI=1S/C15H15N3O4/c1-8(19)22-7-13(20)16-10-4-2-9(3-5-10)14-11-6-12(11)15(21)18-17-14/h2-5,11-12H,6-7H2,1H3,(H,16,20)(H,18,21). The van der Waals surface area contributed by atoms with Crippen LogP contribution in [0, 0.1) is 11.8 Å². The van der Waals surface area contributed by atoms with Crippen molar-refractivity contribution < 1.29 is 19.1 Å². The van der Waals surface area contributed by atoms with Crippen LogP contribution in [-0.2, 0) is 19.1 Å². The molecule has 2 unspecified atom stereocenters. The Bertz CT molecular complexity index is 666. The zero-order valence-electron chi connectivity index (χ0n) is 12.0. The van der Waals surface area contributed by atoms with Gasteiger partial charge in [-0.1, -0.05) is 12.1 Å². The Morgan fingerprint density at radius 2 is 2.05 bits per heavy atom. The Kier molecular flexibility index (Phi) is 3.62. The van der Waals surface area contributed by atoms with Crippen LogP contribution in [0.2, 0.25) is 0 Å². The van der Waals surface area contributed by atoms with Gasteiger partial charge in [-0.05, 0) is 24.1 Å². The Morgan fingerprint density at radius 1 is 1.32 bits per heavy atom. The molecule has 2 aliphatic rings. The first-order valence-electron chi connectivity index (χ1n) is 6.95. The fourth-order valence-corrected chi connectivity index (χ4v) is 2.44. The van der Waals surface area contributed by atoms with Crippen LogP contribution >= 0.6 is 0 Å². The minimum absolute atomic E-state index is 0.0110. The van der Waals surface area contributed by atoms with Crippen molar-refractivity contribution in [3.8, 4) is 0 Å². The largest absolute Gasteiger partial charge is 0.456 e. The molecule has 2 amide bonds. The van der Waals surface area contributed by atoms with Crippen molar-refractivity contribution in [3.63, 3.8) is 0 Å². The molecule has 0 bridgehead atoms. The van der Waals surface area contributed by atoms with Gasteiger partial charge in [-0.15, -0.1) is 0 Å². The van der Waals surface area contributed by atoms with Crippen LogP contribution in [0.3, 0.4) is 0 Å². The lowest BCUT2D eigenvalue weighted by molar-refractivity contribution is -0.144. The third kappa shape index (κ3) is 2.98. The van der Waals surface area contributed by atoms with E-state index in [1.807, 2.05) is 12.1 Å². The van der Waals surface area contributed by atoms with E-state index < -0.39 is 11.9 Å². The van der Waals surface area contributed by atoms with Crippen molar-refractivity contribution in [2.75, 3.05) is 11.9 Å². The van der Waals surface area contributed by atoms with Gasteiger partial charge in [0.2, 0.25) is 5.91 Å². The monoisotopic (exact) mass is 301 g/mol. The minimum atomic E-state index is -0.498.